The quantitative estimate of drug-likeness (QED) is 0.415. The molecule has 0 aliphatic carbocycles. The molecule has 0 aliphatic rings. The molecule has 3 aromatic rings. The van der Waals surface area contributed by atoms with Crippen molar-refractivity contribution in [2.45, 2.75) is 23.8 Å². The first-order valence-corrected chi connectivity index (χ1v) is 8.28. The molecule has 1 N–H and O–H groups in total. The SMILES string of the molecule is Cc1ccc(Sc2ncnc(Nc3ccc(C)cn3)c2[N+](=O)[O-])cc1. The standard InChI is InChI=1S/C17H15N5O2S/c1-11-3-6-13(7-4-11)25-17-15(22(23)24)16(19-10-20-17)21-14-8-5-12(2)9-18-14/h3-10H,1-2H3,(H,18,19,20,21). The maximum absolute atomic E-state index is 11.6. The Bertz CT molecular complexity index is 832. The van der Waals surface area contributed by atoms with Crippen molar-refractivity contribution in [3.8, 4) is 0 Å². The van der Waals surface area contributed by atoms with Crippen LogP contribution >= 0.6 is 11.8 Å². The molecule has 3 rings (SSSR count). The Kier molecular flexibility index (Phi) is 4.90. The summed E-state index contributed by atoms with van der Waals surface area (Å²) < 4.78 is 0. The van der Waals surface area contributed by atoms with Gasteiger partial charge in [-0.25, -0.2) is 15.0 Å². The first-order chi connectivity index (χ1) is 12.0. The Morgan fingerprint density at radius 3 is 2.36 bits per heavy atom. The molecular formula is C17H15N5O2S. The molecule has 1 aromatic carbocycles. The highest BCUT2D eigenvalue weighted by atomic mass is 32.2. The average Bonchev–Trinajstić information content (AvgIpc) is 2.59. The fourth-order valence-corrected chi connectivity index (χ4v) is 2.94. The first-order valence-electron chi connectivity index (χ1n) is 7.46. The van der Waals surface area contributed by atoms with Crippen molar-refractivity contribution in [2.75, 3.05) is 5.32 Å². The van der Waals surface area contributed by atoms with Gasteiger partial charge in [0.15, 0.2) is 5.03 Å². The minimum atomic E-state index is -0.479. The Labute approximate surface area is 148 Å². The normalized spacial score (nSPS) is 10.5. The van der Waals surface area contributed by atoms with Crippen LogP contribution in [0.2, 0.25) is 0 Å². The molecule has 0 fully saturated rings. The van der Waals surface area contributed by atoms with Crippen LogP contribution in [0.1, 0.15) is 11.1 Å². The summed E-state index contributed by atoms with van der Waals surface area (Å²) in [5.74, 6) is 0.602. The van der Waals surface area contributed by atoms with Crippen molar-refractivity contribution < 1.29 is 4.92 Å². The van der Waals surface area contributed by atoms with Crippen molar-refractivity contribution in [3.05, 3.63) is 70.2 Å². The van der Waals surface area contributed by atoms with E-state index in [-0.39, 0.29) is 16.5 Å². The third kappa shape index (κ3) is 4.10. The van der Waals surface area contributed by atoms with Gasteiger partial charge in [-0.1, -0.05) is 35.5 Å². The summed E-state index contributed by atoms with van der Waals surface area (Å²) in [7, 11) is 0. The third-order valence-electron chi connectivity index (χ3n) is 3.36. The van der Waals surface area contributed by atoms with Crippen LogP contribution < -0.4 is 5.32 Å². The van der Waals surface area contributed by atoms with E-state index < -0.39 is 4.92 Å². The molecule has 2 aromatic heterocycles. The van der Waals surface area contributed by atoms with Gasteiger partial charge in [0.2, 0.25) is 5.82 Å². The van der Waals surface area contributed by atoms with Crippen LogP contribution in [-0.2, 0) is 0 Å². The Morgan fingerprint density at radius 1 is 1.00 bits per heavy atom. The zero-order valence-corrected chi connectivity index (χ0v) is 14.4. The topological polar surface area (TPSA) is 93.8 Å². The molecule has 2 heterocycles. The van der Waals surface area contributed by atoms with Gasteiger partial charge < -0.3 is 5.32 Å². The molecule has 0 saturated heterocycles. The van der Waals surface area contributed by atoms with Gasteiger partial charge in [0.05, 0.1) is 4.92 Å². The second-order valence-corrected chi connectivity index (χ2v) is 6.46. The Balaban J connectivity index is 1.94. The molecule has 0 unspecified atom stereocenters. The monoisotopic (exact) mass is 353 g/mol. The zero-order chi connectivity index (χ0) is 17.8. The smallest absolute Gasteiger partial charge is 0.319 e. The van der Waals surface area contributed by atoms with Crippen LogP contribution in [0.5, 0.6) is 0 Å². The van der Waals surface area contributed by atoms with Gasteiger partial charge in [-0.05, 0) is 37.6 Å². The minimum absolute atomic E-state index is 0.117. The predicted octanol–water partition coefficient (Wildman–Crippen LogP) is 4.29. The van der Waals surface area contributed by atoms with E-state index in [2.05, 4.69) is 20.3 Å². The van der Waals surface area contributed by atoms with Crippen LogP contribution in [0, 0.1) is 24.0 Å². The van der Waals surface area contributed by atoms with Gasteiger partial charge in [0, 0.05) is 11.1 Å². The molecule has 0 aliphatic heterocycles. The minimum Gasteiger partial charge on any atom is -0.319 e. The van der Waals surface area contributed by atoms with Crippen molar-refractivity contribution in [1.82, 2.24) is 15.0 Å². The molecule has 0 saturated carbocycles. The lowest BCUT2D eigenvalue weighted by atomic mass is 10.2. The third-order valence-corrected chi connectivity index (χ3v) is 4.36. The lowest BCUT2D eigenvalue weighted by Gasteiger charge is -2.08. The van der Waals surface area contributed by atoms with Crippen molar-refractivity contribution in [2.24, 2.45) is 0 Å². The summed E-state index contributed by atoms with van der Waals surface area (Å²) in [6, 6.07) is 11.3. The number of aryl methyl sites for hydroxylation is 2. The van der Waals surface area contributed by atoms with E-state index in [9.17, 15) is 10.1 Å². The van der Waals surface area contributed by atoms with Crippen molar-refractivity contribution >= 4 is 29.1 Å². The molecule has 126 valence electrons. The lowest BCUT2D eigenvalue weighted by Crippen LogP contribution is -2.03. The highest BCUT2D eigenvalue weighted by molar-refractivity contribution is 7.99. The number of rotatable bonds is 5. The number of nitrogens with zero attached hydrogens (tertiary/aromatic N) is 4. The maximum Gasteiger partial charge on any atom is 0.343 e. The van der Waals surface area contributed by atoms with E-state index in [0.717, 1.165) is 16.0 Å². The molecule has 7 nitrogen and oxygen atoms in total. The summed E-state index contributed by atoms with van der Waals surface area (Å²) in [6.07, 6.45) is 2.98. The van der Waals surface area contributed by atoms with E-state index in [1.807, 2.05) is 44.2 Å². The number of hydrogen-bond donors (Lipinski definition) is 1. The summed E-state index contributed by atoms with van der Waals surface area (Å²) in [4.78, 5) is 24.3. The molecule has 8 heteroatoms. The van der Waals surface area contributed by atoms with Gasteiger partial charge in [-0.15, -0.1) is 0 Å². The number of nitrogens with one attached hydrogen (secondary N) is 1. The van der Waals surface area contributed by atoms with Crippen molar-refractivity contribution in [3.63, 3.8) is 0 Å². The second kappa shape index (κ2) is 7.27. The van der Waals surface area contributed by atoms with E-state index in [1.165, 1.54) is 18.1 Å². The molecule has 0 spiro atoms. The number of anilines is 2. The summed E-state index contributed by atoms with van der Waals surface area (Å²) in [5, 5.41) is 14.8. The van der Waals surface area contributed by atoms with Gasteiger partial charge >= 0.3 is 5.69 Å². The summed E-state index contributed by atoms with van der Waals surface area (Å²) in [6.45, 7) is 3.90. The van der Waals surface area contributed by atoms with Gasteiger partial charge in [-0.3, -0.25) is 10.1 Å². The maximum atomic E-state index is 11.6. The number of hydrogen-bond acceptors (Lipinski definition) is 7. The molecule has 0 atom stereocenters. The average molecular weight is 353 g/mol. The summed E-state index contributed by atoms with van der Waals surface area (Å²) in [5.41, 5.74) is 1.95. The first kappa shape index (κ1) is 16.8. The predicted molar refractivity (Wildman–Crippen MR) is 96.2 cm³/mol. The van der Waals surface area contributed by atoms with Gasteiger partial charge in [0.25, 0.3) is 0 Å². The number of nitro groups is 1. The lowest BCUT2D eigenvalue weighted by molar-refractivity contribution is -0.387. The number of aromatic nitrogens is 3. The van der Waals surface area contributed by atoms with Crippen LogP contribution in [-0.4, -0.2) is 19.9 Å². The van der Waals surface area contributed by atoms with Crippen LogP contribution in [0.4, 0.5) is 17.3 Å². The fourth-order valence-electron chi connectivity index (χ4n) is 2.07. The van der Waals surface area contributed by atoms with E-state index >= 15 is 0 Å². The van der Waals surface area contributed by atoms with E-state index in [4.69, 9.17) is 0 Å². The zero-order valence-electron chi connectivity index (χ0n) is 13.6. The summed E-state index contributed by atoms with van der Waals surface area (Å²) >= 11 is 1.23. The fraction of sp³-hybridized carbons (Fsp3) is 0.118. The van der Waals surface area contributed by atoms with Gasteiger partial charge in [0.1, 0.15) is 12.1 Å². The van der Waals surface area contributed by atoms with Crippen LogP contribution in [0.25, 0.3) is 0 Å². The second-order valence-electron chi connectivity index (χ2n) is 5.39. The molecule has 0 radical (unpaired) electrons. The number of pyridine rings is 1. The highest BCUT2D eigenvalue weighted by Crippen LogP contribution is 2.37. The molecule has 0 amide bonds. The van der Waals surface area contributed by atoms with Crippen LogP contribution in [0.3, 0.4) is 0 Å². The molecular weight excluding hydrogens is 338 g/mol. The Morgan fingerprint density at radius 2 is 1.72 bits per heavy atom. The number of benzene rings is 1. The Hall–Kier alpha value is -3.00. The van der Waals surface area contributed by atoms with Gasteiger partial charge in [-0.2, -0.15) is 0 Å². The van der Waals surface area contributed by atoms with Crippen LogP contribution in [0.15, 0.2) is 58.8 Å². The molecule has 0 bridgehead atoms. The van der Waals surface area contributed by atoms with E-state index in [1.54, 1.807) is 12.3 Å². The molecule has 25 heavy (non-hydrogen) atoms. The van der Waals surface area contributed by atoms with E-state index in [0.29, 0.717) is 5.82 Å². The largest absolute Gasteiger partial charge is 0.343 e. The highest BCUT2D eigenvalue weighted by Gasteiger charge is 2.24. The van der Waals surface area contributed by atoms with Crippen molar-refractivity contribution in [1.29, 1.82) is 0 Å².